The molecule has 0 unspecified atom stereocenters. The lowest BCUT2D eigenvalue weighted by Gasteiger charge is -2.26. The van der Waals surface area contributed by atoms with Gasteiger partial charge in [-0.3, -0.25) is 4.79 Å². The van der Waals surface area contributed by atoms with E-state index >= 15 is 0 Å². The maximum absolute atomic E-state index is 10.7. The third-order valence-electron chi connectivity index (χ3n) is 1.91. The van der Waals surface area contributed by atoms with Gasteiger partial charge in [0.05, 0.1) is 24.8 Å². The minimum Gasteiger partial charge on any atom is -0.377 e. The fourth-order valence-corrected chi connectivity index (χ4v) is 1.03. The average molecular weight is 194 g/mol. The van der Waals surface area contributed by atoms with Gasteiger partial charge in [0, 0.05) is 12.4 Å². The Morgan fingerprint density at radius 2 is 2.14 bits per heavy atom. The summed E-state index contributed by atoms with van der Waals surface area (Å²) >= 11 is 0. The molecule has 1 amide bonds. The van der Waals surface area contributed by atoms with Gasteiger partial charge in [-0.2, -0.15) is 0 Å². The number of nitrogens with one attached hydrogen (secondary N) is 1. The van der Waals surface area contributed by atoms with Gasteiger partial charge in [-0.25, -0.2) is 9.97 Å². The zero-order chi connectivity index (χ0) is 9.97. The summed E-state index contributed by atoms with van der Waals surface area (Å²) < 4.78 is 4.98. The van der Waals surface area contributed by atoms with Crippen LogP contribution in [0.3, 0.4) is 0 Å². The zero-order valence-corrected chi connectivity index (χ0v) is 7.43. The number of anilines is 1. The molecule has 1 aromatic heterocycles. The summed E-state index contributed by atoms with van der Waals surface area (Å²) in [7, 11) is 0. The van der Waals surface area contributed by atoms with Crippen molar-refractivity contribution in [2.24, 2.45) is 5.73 Å². The lowest BCUT2D eigenvalue weighted by molar-refractivity contribution is 0.0208. The first-order valence-corrected chi connectivity index (χ1v) is 4.22. The van der Waals surface area contributed by atoms with E-state index in [1.165, 1.54) is 12.4 Å². The molecule has 2 rings (SSSR count). The SMILES string of the molecule is NC(=O)c1cnc(NC2COC2)nc1. The van der Waals surface area contributed by atoms with Gasteiger partial charge in [-0.15, -0.1) is 0 Å². The number of rotatable bonds is 3. The fraction of sp³-hybridized carbons (Fsp3) is 0.375. The van der Waals surface area contributed by atoms with Crippen molar-refractivity contribution in [3.05, 3.63) is 18.0 Å². The van der Waals surface area contributed by atoms with Crippen molar-refractivity contribution >= 4 is 11.9 Å². The van der Waals surface area contributed by atoms with Crippen molar-refractivity contribution in [3.63, 3.8) is 0 Å². The third-order valence-corrected chi connectivity index (χ3v) is 1.91. The van der Waals surface area contributed by atoms with Crippen LogP contribution in [0.2, 0.25) is 0 Å². The highest BCUT2D eigenvalue weighted by Crippen LogP contribution is 2.07. The quantitative estimate of drug-likeness (QED) is 0.669. The van der Waals surface area contributed by atoms with Gasteiger partial charge in [-0.1, -0.05) is 0 Å². The van der Waals surface area contributed by atoms with Gasteiger partial charge in [0.25, 0.3) is 5.91 Å². The van der Waals surface area contributed by atoms with Crippen LogP contribution in [0.4, 0.5) is 5.95 Å². The number of carbonyl (C=O) groups excluding carboxylic acids is 1. The fourth-order valence-electron chi connectivity index (χ4n) is 1.03. The van der Waals surface area contributed by atoms with Crippen LogP contribution in [0.25, 0.3) is 0 Å². The molecule has 0 saturated carbocycles. The number of amides is 1. The molecule has 1 aliphatic rings. The Kier molecular flexibility index (Phi) is 2.28. The second-order valence-electron chi connectivity index (χ2n) is 3.04. The number of hydrogen-bond acceptors (Lipinski definition) is 5. The van der Waals surface area contributed by atoms with Crippen molar-refractivity contribution in [2.45, 2.75) is 6.04 Å². The third kappa shape index (κ3) is 1.80. The molecular weight excluding hydrogens is 184 g/mol. The van der Waals surface area contributed by atoms with Crippen LogP contribution in [-0.2, 0) is 4.74 Å². The van der Waals surface area contributed by atoms with E-state index in [0.717, 1.165) is 0 Å². The summed E-state index contributed by atoms with van der Waals surface area (Å²) in [4.78, 5) is 18.6. The minimum atomic E-state index is -0.525. The lowest BCUT2D eigenvalue weighted by atomic mass is 10.3. The molecule has 3 N–H and O–H groups in total. The highest BCUT2D eigenvalue weighted by atomic mass is 16.5. The van der Waals surface area contributed by atoms with E-state index in [0.29, 0.717) is 24.7 Å². The zero-order valence-electron chi connectivity index (χ0n) is 7.43. The van der Waals surface area contributed by atoms with Crippen molar-refractivity contribution < 1.29 is 9.53 Å². The number of primary amides is 1. The Hall–Kier alpha value is -1.69. The molecule has 6 heteroatoms. The highest BCUT2D eigenvalue weighted by molar-refractivity contribution is 5.92. The van der Waals surface area contributed by atoms with Gasteiger partial charge >= 0.3 is 0 Å². The van der Waals surface area contributed by atoms with Crippen LogP contribution >= 0.6 is 0 Å². The van der Waals surface area contributed by atoms with Crippen molar-refractivity contribution in [3.8, 4) is 0 Å². The van der Waals surface area contributed by atoms with Gasteiger partial charge < -0.3 is 15.8 Å². The monoisotopic (exact) mass is 194 g/mol. The minimum absolute atomic E-state index is 0.273. The Bertz CT molecular complexity index is 334. The number of hydrogen-bond donors (Lipinski definition) is 2. The number of aromatic nitrogens is 2. The first-order chi connectivity index (χ1) is 6.75. The summed E-state index contributed by atoms with van der Waals surface area (Å²) in [5, 5.41) is 3.05. The molecule has 1 saturated heterocycles. The van der Waals surface area contributed by atoms with E-state index in [1.807, 2.05) is 0 Å². The number of carbonyl (C=O) groups is 1. The lowest BCUT2D eigenvalue weighted by Crippen LogP contribution is -2.40. The first kappa shape index (κ1) is 8.89. The van der Waals surface area contributed by atoms with E-state index in [9.17, 15) is 4.79 Å². The molecule has 6 nitrogen and oxygen atoms in total. The first-order valence-electron chi connectivity index (χ1n) is 4.22. The van der Waals surface area contributed by atoms with Crippen LogP contribution in [0, 0.1) is 0 Å². The van der Waals surface area contributed by atoms with Crippen molar-refractivity contribution in [1.29, 1.82) is 0 Å². The highest BCUT2D eigenvalue weighted by Gasteiger charge is 2.18. The van der Waals surface area contributed by atoms with Gasteiger partial charge in [0.15, 0.2) is 0 Å². The van der Waals surface area contributed by atoms with Crippen LogP contribution in [0.15, 0.2) is 12.4 Å². The maximum Gasteiger partial charge on any atom is 0.251 e. The molecule has 14 heavy (non-hydrogen) atoms. The van der Waals surface area contributed by atoms with Crippen LogP contribution in [0.1, 0.15) is 10.4 Å². The van der Waals surface area contributed by atoms with E-state index in [-0.39, 0.29) is 6.04 Å². The van der Waals surface area contributed by atoms with E-state index in [1.54, 1.807) is 0 Å². The molecule has 0 atom stereocenters. The number of nitrogens with zero attached hydrogens (tertiary/aromatic N) is 2. The van der Waals surface area contributed by atoms with Crippen molar-refractivity contribution in [2.75, 3.05) is 18.5 Å². The van der Waals surface area contributed by atoms with Crippen molar-refractivity contribution in [1.82, 2.24) is 9.97 Å². The second-order valence-corrected chi connectivity index (χ2v) is 3.04. The molecule has 0 radical (unpaired) electrons. The normalized spacial score (nSPS) is 16.0. The predicted molar refractivity (Wildman–Crippen MR) is 48.8 cm³/mol. The van der Waals surface area contributed by atoms with Gasteiger partial charge in [0.2, 0.25) is 5.95 Å². The maximum atomic E-state index is 10.7. The predicted octanol–water partition coefficient (Wildman–Crippen LogP) is -0.614. The summed E-state index contributed by atoms with van der Waals surface area (Å²) in [6.45, 7) is 1.34. The van der Waals surface area contributed by atoms with Gasteiger partial charge in [-0.05, 0) is 0 Å². The molecule has 1 fully saturated rings. The standard InChI is InChI=1S/C8H10N4O2/c9-7(13)5-1-10-8(11-2-5)12-6-3-14-4-6/h1-2,6H,3-4H2,(H2,9,13)(H,10,11,12). The Morgan fingerprint density at radius 3 is 2.57 bits per heavy atom. The smallest absolute Gasteiger partial charge is 0.251 e. The molecular formula is C8H10N4O2. The topological polar surface area (TPSA) is 90.1 Å². The van der Waals surface area contributed by atoms with E-state index < -0.39 is 5.91 Å². The van der Waals surface area contributed by atoms with E-state index in [2.05, 4.69) is 15.3 Å². The molecule has 0 aliphatic carbocycles. The molecule has 0 spiro atoms. The van der Waals surface area contributed by atoms with Crippen LogP contribution in [0.5, 0.6) is 0 Å². The largest absolute Gasteiger partial charge is 0.377 e. The Labute approximate surface area is 80.5 Å². The molecule has 0 aromatic carbocycles. The summed E-state index contributed by atoms with van der Waals surface area (Å²) in [6, 6.07) is 0.273. The summed E-state index contributed by atoms with van der Waals surface area (Å²) in [5.74, 6) is -0.0353. The number of nitrogens with two attached hydrogens (primary N) is 1. The summed E-state index contributed by atoms with van der Waals surface area (Å²) in [5.41, 5.74) is 5.35. The molecule has 0 bridgehead atoms. The van der Waals surface area contributed by atoms with Crippen LogP contribution < -0.4 is 11.1 Å². The molecule has 74 valence electrons. The van der Waals surface area contributed by atoms with E-state index in [4.69, 9.17) is 10.5 Å². The molecule has 1 aromatic rings. The Balaban J connectivity index is 2.01. The summed E-state index contributed by atoms with van der Waals surface area (Å²) in [6.07, 6.45) is 2.80. The van der Waals surface area contributed by atoms with Crippen LogP contribution in [-0.4, -0.2) is 35.1 Å². The number of ether oxygens (including phenoxy) is 1. The van der Waals surface area contributed by atoms with Gasteiger partial charge in [0.1, 0.15) is 0 Å². The molecule has 1 aliphatic heterocycles. The Morgan fingerprint density at radius 1 is 1.50 bits per heavy atom. The average Bonchev–Trinajstić information content (AvgIpc) is 2.12. The molecule has 2 heterocycles. The second kappa shape index (κ2) is 3.59.